The molecule has 0 saturated heterocycles. The first kappa shape index (κ1) is 40.5. The van der Waals surface area contributed by atoms with E-state index in [0.29, 0.717) is 61.8 Å². The van der Waals surface area contributed by atoms with Crippen molar-refractivity contribution < 1.29 is 24.9 Å². The Balaban J connectivity index is 1.20. The number of rotatable bonds is 12. The topological polar surface area (TPSA) is 90.2 Å². The van der Waals surface area contributed by atoms with Crippen molar-refractivity contribution in [2.45, 2.75) is 129 Å². The molecule has 0 radical (unpaired) electrons. The summed E-state index contributed by atoms with van der Waals surface area (Å²) >= 11 is 1.53. The number of carbonyl (C=O) groups is 1. The van der Waals surface area contributed by atoms with Crippen molar-refractivity contribution in [3.05, 3.63) is 104 Å². The van der Waals surface area contributed by atoms with Crippen LogP contribution in [-0.4, -0.2) is 70.1 Å². The van der Waals surface area contributed by atoms with Crippen LogP contribution in [0.2, 0.25) is 0 Å². The smallest absolute Gasteiger partial charge is 0.203 e. The van der Waals surface area contributed by atoms with Gasteiger partial charge in [-0.15, -0.1) is 11.3 Å². The molecule has 0 amide bonds. The normalized spacial score (nSPS) is 31.0. The molecule has 4 fully saturated rings. The maximum atomic E-state index is 14.4. The number of hydrogen-bond acceptors (Lipinski definition) is 7. The van der Waals surface area contributed by atoms with E-state index in [1.807, 2.05) is 55.5 Å². The minimum atomic E-state index is -1.04. The summed E-state index contributed by atoms with van der Waals surface area (Å²) in [7, 11) is 0. The van der Waals surface area contributed by atoms with Crippen LogP contribution in [0, 0.1) is 35.5 Å². The molecule has 0 aliphatic heterocycles. The molecule has 8 unspecified atom stereocenters. The maximum absolute atomic E-state index is 14.4. The summed E-state index contributed by atoms with van der Waals surface area (Å²) in [5.41, 5.74) is 3.83. The van der Waals surface area contributed by atoms with Gasteiger partial charge < -0.3 is 20.1 Å². The molecular formula is C48H65NO5S. The number of nitrogens with zero attached hydrogens (tertiary/aromatic N) is 1. The molecule has 4 saturated carbocycles. The lowest BCUT2D eigenvalue weighted by atomic mass is 9.45. The van der Waals surface area contributed by atoms with E-state index in [0.717, 1.165) is 64.6 Å². The summed E-state index contributed by atoms with van der Waals surface area (Å²) < 4.78 is 6.04. The number of allylic oxidation sites excluding steroid dienone is 2. The molecule has 55 heavy (non-hydrogen) atoms. The zero-order valence-electron chi connectivity index (χ0n) is 33.9. The van der Waals surface area contributed by atoms with Gasteiger partial charge in [0.15, 0.2) is 0 Å². The van der Waals surface area contributed by atoms with Gasteiger partial charge in [0, 0.05) is 35.5 Å². The number of aliphatic hydroxyl groups is 3. The molecule has 298 valence electrons. The predicted molar refractivity (Wildman–Crippen MR) is 223 cm³/mol. The van der Waals surface area contributed by atoms with Crippen LogP contribution < -0.4 is 0 Å². The third-order valence-electron chi connectivity index (χ3n) is 14.8. The van der Waals surface area contributed by atoms with Gasteiger partial charge >= 0.3 is 0 Å². The molecule has 3 aromatic rings. The Morgan fingerprint density at radius 2 is 1.80 bits per heavy atom. The van der Waals surface area contributed by atoms with Crippen molar-refractivity contribution in [2.75, 3.05) is 26.2 Å². The molecular weight excluding hydrogens is 703 g/mol. The number of carbonyl (C=O) groups excluding carboxylic acids is 1. The first-order valence-electron chi connectivity index (χ1n) is 21.1. The molecule has 1 heterocycles. The zero-order chi connectivity index (χ0) is 39.0. The molecule has 0 spiro atoms. The lowest BCUT2D eigenvalue weighted by molar-refractivity contribution is -0.127. The second kappa shape index (κ2) is 16.7. The highest BCUT2D eigenvalue weighted by molar-refractivity contribution is 7.14. The van der Waals surface area contributed by atoms with E-state index < -0.39 is 23.2 Å². The van der Waals surface area contributed by atoms with Gasteiger partial charge in [0.2, 0.25) is 5.78 Å². The fourth-order valence-corrected chi connectivity index (χ4v) is 12.0. The van der Waals surface area contributed by atoms with Crippen molar-refractivity contribution >= 4 is 17.1 Å². The number of fused-ring (bicyclic) bond motifs is 10. The van der Waals surface area contributed by atoms with E-state index in [4.69, 9.17) is 4.74 Å². The SMILES string of the molecule is CC1=CCCC2(C)C(CCC2(O)CN(CC(O)COCc2ccccc2)CC2CCC3CC2C3(C)C)c2ccc(cc2C(=O)c2ccc(C)s2)CC(O)CC1. The van der Waals surface area contributed by atoms with Crippen molar-refractivity contribution in [1.29, 1.82) is 0 Å². The summed E-state index contributed by atoms with van der Waals surface area (Å²) in [6.45, 7) is 13.8. The highest BCUT2D eigenvalue weighted by atomic mass is 32.1. The van der Waals surface area contributed by atoms with Crippen molar-refractivity contribution in [1.82, 2.24) is 4.90 Å². The predicted octanol–water partition coefficient (Wildman–Crippen LogP) is 9.28. The third-order valence-corrected chi connectivity index (χ3v) is 15.7. The Hall–Kier alpha value is -2.65. The quantitative estimate of drug-likeness (QED) is 0.126. The highest BCUT2D eigenvalue weighted by Crippen LogP contribution is 2.62. The molecule has 6 aliphatic rings. The van der Waals surface area contributed by atoms with E-state index in [9.17, 15) is 20.1 Å². The van der Waals surface area contributed by atoms with Crippen LogP contribution in [0.1, 0.15) is 128 Å². The average molecular weight is 768 g/mol. The summed E-state index contributed by atoms with van der Waals surface area (Å²) in [6.07, 6.45) is 9.90. The Bertz CT molecular complexity index is 1820. The van der Waals surface area contributed by atoms with Gasteiger partial charge in [0.25, 0.3) is 0 Å². The van der Waals surface area contributed by atoms with Crippen LogP contribution in [0.3, 0.4) is 0 Å². The number of ether oxygens (including phenoxy) is 1. The van der Waals surface area contributed by atoms with E-state index >= 15 is 0 Å². The number of ketones is 1. The minimum Gasteiger partial charge on any atom is -0.393 e. The highest BCUT2D eigenvalue weighted by Gasteiger charge is 2.58. The number of hydrogen-bond donors (Lipinski definition) is 3. The van der Waals surface area contributed by atoms with Crippen molar-refractivity contribution in [2.24, 2.45) is 28.6 Å². The largest absolute Gasteiger partial charge is 0.393 e. The van der Waals surface area contributed by atoms with Gasteiger partial charge in [-0.05, 0) is 142 Å². The fraction of sp³-hybridized carbons (Fsp3) is 0.604. The second-order valence-electron chi connectivity index (χ2n) is 18.7. The number of aryl methyl sites for hydroxylation is 1. The number of benzene rings is 2. The fourth-order valence-electron chi connectivity index (χ4n) is 11.2. The standard InChI is InChI=1S/C48H65NO5S/c1-32-10-9-22-47(5)42(40-19-15-35(24-38(50)18-13-32)25-41(40)45(52)44-20-14-33(2)55-44)21-23-48(47,53)31-49(27-36-16-17-37-26-43(36)46(37,3)4)28-39(51)30-54-29-34-11-7-6-8-12-34/h6-8,10-12,14-15,19-20,25,36-39,42-43,50-51,53H,9,13,16-18,21-24,26-31H2,1-5H3. The van der Waals surface area contributed by atoms with Gasteiger partial charge in [-0.2, -0.15) is 0 Å². The summed E-state index contributed by atoms with van der Waals surface area (Å²) in [5, 5.41) is 35.8. The molecule has 3 N–H and O–H groups in total. The van der Waals surface area contributed by atoms with Gasteiger partial charge in [-0.25, -0.2) is 0 Å². The van der Waals surface area contributed by atoms with E-state index in [1.54, 1.807) is 0 Å². The van der Waals surface area contributed by atoms with E-state index in [1.165, 1.54) is 36.2 Å². The van der Waals surface area contributed by atoms with Crippen LogP contribution in [0.25, 0.3) is 0 Å². The van der Waals surface area contributed by atoms with Gasteiger partial charge in [-0.3, -0.25) is 9.69 Å². The molecule has 7 heteroatoms. The molecule has 9 rings (SSSR count). The molecule has 8 atom stereocenters. The van der Waals surface area contributed by atoms with Gasteiger partial charge in [0.1, 0.15) is 0 Å². The average Bonchev–Trinajstić information content (AvgIpc) is 3.70. The van der Waals surface area contributed by atoms with E-state index in [2.05, 4.69) is 50.8 Å². The molecule has 6 nitrogen and oxygen atoms in total. The first-order valence-corrected chi connectivity index (χ1v) is 21.9. The van der Waals surface area contributed by atoms with Crippen molar-refractivity contribution in [3.8, 4) is 0 Å². The second-order valence-corrected chi connectivity index (χ2v) is 20.0. The van der Waals surface area contributed by atoms with Crippen LogP contribution in [0.5, 0.6) is 0 Å². The Morgan fingerprint density at radius 3 is 2.53 bits per heavy atom. The number of thiophene rings is 1. The zero-order valence-corrected chi connectivity index (χ0v) is 34.8. The van der Waals surface area contributed by atoms with Crippen LogP contribution >= 0.6 is 11.3 Å². The lowest BCUT2D eigenvalue weighted by Gasteiger charge is -2.61. The first-order chi connectivity index (χ1) is 26.3. The molecule has 1 aromatic heterocycles. The van der Waals surface area contributed by atoms with E-state index in [-0.39, 0.29) is 18.3 Å². The lowest BCUT2D eigenvalue weighted by Crippen LogP contribution is -2.58. The Labute approximate surface area is 334 Å². The maximum Gasteiger partial charge on any atom is 0.203 e. The number of aliphatic hydroxyl groups excluding tert-OH is 2. The van der Waals surface area contributed by atoms with Crippen LogP contribution in [0.15, 0.2) is 72.3 Å². The van der Waals surface area contributed by atoms with Gasteiger partial charge in [0.05, 0.1) is 35.9 Å². The summed E-state index contributed by atoms with van der Waals surface area (Å²) in [6, 6.07) is 20.3. The van der Waals surface area contributed by atoms with Gasteiger partial charge in [-0.1, -0.05) is 74.9 Å². The monoisotopic (exact) mass is 767 g/mol. The molecule has 2 aromatic carbocycles. The summed E-state index contributed by atoms with van der Waals surface area (Å²) in [5.74, 6) is 2.00. The minimum absolute atomic E-state index is 0.0315. The third kappa shape index (κ3) is 8.63. The molecule has 4 bridgehead atoms. The molecule has 6 aliphatic carbocycles. The Morgan fingerprint density at radius 1 is 1.00 bits per heavy atom. The van der Waals surface area contributed by atoms with Crippen LogP contribution in [-0.2, 0) is 17.8 Å². The van der Waals surface area contributed by atoms with Crippen molar-refractivity contribution in [3.63, 3.8) is 0 Å². The van der Waals surface area contributed by atoms with Crippen LogP contribution in [0.4, 0.5) is 0 Å². The summed E-state index contributed by atoms with van der Waals surface area (Å²) in [4.78, 5) is 18.6. The Kier molecular flexibility index (Phi) is 12.3.